The number of hydrogen-bond acceptors (Lipinski definition) is 4. The number of aromatic hydroxyl groups is 2. The summed E-state index contributed by atoms with van der Waals surface area (Å²) in [5.41, 5.74) is 4.92. The normalized spacial score (nSPS) is 11.0. The van der Waals surface area contributed by atoms with Crippen molar-refractivity contribution in [2.24, 2.45) is 5.10 Å². The summed E-state index contributed by atoms with van der Waals surface area (Å²) >= 11 is 5.14. The summed E-state index contributed by atoms with van der Waals surface area (Å²) in [7, 11) is 0. The largest absolute Gasteiger partial charge is 0.508 e. The Labute approximate surface area is 134 Å². The highest BCUT2D eigenvalue weighted by Gasteiger charge is 2.05. The van der Waals surface area contributed by atoms with E-state index in [1.807, 2.05) is 30.3 Å². The van der Waals surface area contributed by atoms with E-state index in [1.165, 1.54) is 12.1 Å². The third kappa shape index (κ3) is 4.46. The Morgan fingerprint density at radius 3 is 2.55 bits per heavy atom. The number of hydrazone groups is 1. The van der Waals surface area contributed by atoms with Gasteiger partial charge in [-0.2, -0.15) is 5.10 Å². The van der Waals surface area contributed by atoms with Gasteiger partial charge in [0.1, 0.15) is 11.5 Å². The SMILES string of the molecule is CC(=NNC(=S)NCc1ccccc1)c1ccc(O)cc1O. The van der Waals surface area contributed by atoms with Gasteiger partial charge in [-0.05, 0) is 36.8 Å². The minimum absolute atomic E-state index is 0.00191. The first-order chi connectivity index (χ1) is 10.6. The van der Waals surface area contributed by atoms with E-state index in [0.29, 0.717) is 22.9 Å². The lowest BCUT2D eigenvalue weighted by Gasteiger charge is -2.09. The van der Waals surface area contributed by atoms with Gasteiger partial charge in [-0.25, -0.2) is 0 Å². The Kier molecular flexibility index (Phi) is 5.32. The number of phenols is 2. The van der Waals surface area contributed by atoms with Crippen molar-refractivity contribution >= 4 is 23.0 Å². The molecule has 0 atom stereocenters. The van der Waals surface area contributed by atoms with Gasteiger partial charge in [0.2, 0.25) is 0 Å². The number of phenolic OH excluding ortho intramolecular Hbond substituents is 2. The van der Waals surface area contributed by atoms with Crippen molar-refractivity contribution in [2.45, 2.75) is 13.5 Å². The van der Waals surface area contributed by atoms with Gasteiger partial charge < -0.3 is 15.5 Å². The molecule has 0 fully saturated rings. The van der Waals surface area contributed by atoms with E-state index in [4.69, 9.17) is 12.2 Å². The second kappa shape index (κ2) is 7.42. The Morgan fingerprint density at radius 1 is 1.14 bits per heavy atom. The molecule has 0 aromatic heterocycles. The molecular formula is C16H17N3O2S. The highest BCUT2D eigenvalue weighted by Crippen LogP contribution is 2.22. The molecule has 114 valence electrons. The van der Waals surface area contributed by atoms with Crippen molar-refractivity contribution in [1.29, 1.82) is 0 Å². The van der Waals surface area contributed by atoms with Crippen molar-refractivity contribution in [1.82, 2.24) is 10.7 Å². The lowest BCUT2D eigenvalue weighted by Crippen LogP contribution is -2.32. The molecule has 0 aliphatic heterocycles. The van der Waals surface area contributed by atoms with Crippen LogP contribution < -0.4 is 10.7 Å². The van der Waals surface area contributed by atoms with Crippen LogP contribution in [0.4, 0.5) is 0 Å². The second-order valence-corrected chi connectivity index (χ2v) is 5.09. The standard InChI is InChI=1S/C16H17N3O2S/c1-11(14-8-7-13(20)9-15(14)21)18-19-16(22)17-10-12-5-3-2-4-6-12/h2-9,20-21H,10H2,1H3,(H2,17,19,22). The minimum Gasteiger partial charge on any atom is -0.508 e. The summed E-state index contributed by atoms with van der Waals surface area (Å²) in [6.45, 7) is 2.34. The molecule has 2 rings (SSSR count). The molecule has 0 aliphatic rings. The maximum atomic E-state index is 9.76. The zero-order valence-electron chi connectivity index (χ0n) is 12.1. The summed E-state index contributed by atoms with van der Waals surface area (Å²) < 4.78 is 0. The number of thiocarbonyl (C=S) groups is 1. The lowest BCUT2D eigenvalue weighted by atomic mass is 10.1. The van der Waals surface area contributed by atoms with E-state index in [0.717, 1.165) is 5.56 Å². The molecule has 0 saturated carbocycles. The molecule has 2 aromatic carbocycles. The van der Waals surface area contributed by atoms with Crippen LogP contribution in [0.5, 0.6) is 11.5 Å². The highest BCUT2D eigenvalue weighted by atomic mass is 32.1. The number of nitrogens with one attached hydrogen (secondary N) is 2. The van der Waals surface area contributed by atoms with Crippen LogP contribution >= 0.6 is 12.2 Å². The highest BCUT2D eigenvalue weighted by molar-refractivity contribution is 7.80. The molecule has 0 spiro atoms. The van der Waals surface area contributed by atoms with Gasteiger partial charge in [0.25, 0.3) is 0 Å². The summed E-state index contributed by atoms with van der Waals surface area (Å²) in [5, 5.41) is 26.6. The van der Waals surface area contributed by atoms with Crippen molar-refractivity contribution in [3.8, 4) is 11.5 Å². The molecule has 0 amide bonds. The van der Waals surface area contributed by atoms with Crippen molar-refractivity contribution < 1.29 is 10.2 Å². The molecule has 0 unspecified atom stereocenters. The number of nitrogens with zero attached hydrogens (tertiary/aromatic N) is 1. The van der Waals surface area contributed by atoms with E-state index in [-0.39, 0.29) is 11.5 Å². The molecule has 6 heteroatoms. The van der Waals surface area contributed by atoms with Gasteiger partial charge in [0.05, 0.1) is 5.71 Å². The molecule has 0 aliphatic carbocycles. The van der Waals surface area contributed by atoms with Crippen LogP contribution in [-0.2, 0) is 6.54 Å². The number of hydrogen-bond donors (Lipinski definition) is 4. The Bertz CT molecular complexity index is 687. The van der Waals surface area contributed by atoms with Crippen LogP contribution in [0, 0.1) is 0 Å². The summed E-state index contributed by atoms with van der Waals surface area (Å²) in [6, 6.07) is 14.2. The predicted octanol–water partition coefficient (Wildman–Crippen LogP) is 2.49. The van der Waals surface area contributed by atoms with Gasteiger partial charge in [0, 0.05) is 18.2 Å². The third-order valence-corrected chi connectivity index (χ3v) is 3.23. The number of rotatable bonds is 4. The Balaban J connectivity index is 1.91. The quantitative estimate of drug-likeness (QED) is 0.396. The van der Waals surface area contributed by atoms with Crippen LogP contribution in [0.15, 0.2) is 53.6 Å². The maximum absolute atomic E-state index is 9.76. The molecule has 0 radical (unpaired) electrons. The topological polar surface area (TPSA) is 76.9 Å². The van der Waals surface area contributed by atoms with Gasteiger partial charge in [-0.1, -0.05) is 30.3 Å². The van der Waals surface area contributed by atoms with Crippen molar-refractivity contribution in [2.75, 3.05) is 0 Å². The monoisotopic (exact) mass is 315 g/mol. The van der Waals surface area contributed by atoms with E-state index < -0.39 is 0 Å². The number of benzene rings is 2. The van der Waals surface area contributed by atoms with E-state index in [2.05, 4.69) is 15.8 Å². The van der Waals surface area contributed by atoms with Crippen molar-refractivity contribution in [3.05, 3.63) is 59.7 Å². The van der Waals surface area contributed by atoms with E-state index in [9.17, 15) is 10.2 Å². The summed E-state index contributed by atoms with van der Waals surface area (Å²) in [4.78, 5) is 0. The lowest BCUT2D eigenvalue weighted by molar-refractivity contribution is 0.450. The smallest absolute Gasteiger partial charge is 0.187 e. The first-order valence-electron chi connectivity index (χ1n) is 6.70. The zero-order valence-corrected chi connectivity index (χ0v) is 12.9. The first-order valence-corrected chi connectivity index (χ1v) is 7.11. The Morgan fingerprint density at radius 2 is 1.86 bits per heavy atom. The van der Waals surface area contributed by atoms with Gasteiger partial charge in [-0.15, -0.1) is 0 Å². The zero-order chi connectivity index (χ0) is 15.9. The Hall–Kier alpha value is -2.60. The summed E-state index contributed by atoms with van der Waals surface area (Å²) in [5.74, 6) is -0.0340. The molecular weight excluding hydrogens is 298 g/mol. The van der Waals surface area contributed by atoms with Gasteiger partial charge in [-0.3, -0.25) is 5.43 Å². The fourth-order valence-electron chi connectivity index (χ4n) is 1.84. The molecule has 4 N–H and O–H groups in total. The predicted molar refractivity (Wildman–Crippen MR) is 91.0 cm³/mol. The van der Waals surface area contributed by atoms with Gasteiger partial charge >= 0.3 is 0 Å². The van der Waals surface area contributed by atoms with Crippen LogP contribution in [0.25, 0.3) is 0 Å². The molecule has 0 heterocycles. The second-order valence-electron chi connectivity index (χ2n) is 4.68. The maximum Gasteiger partial charge on any atom is 0.187 e. The average molecular weight is 315 g/mol. The van der Waals surface area contributed by atoms with Crippen LogP contribution in [-0.4, -0.2) is 21.0 Å². The van der Waals surface area contributed by atoms with Crippen LogP contribution in [0.3, 0.4) is 0 Å². The molecule has 5 nitrogen and oxygen atoms in total. The van der Waals surface area contributed by atoms with Crippen molar-refractivity contribution in [3.63, 3.8) is 0 Å². The third-order valence-electron chi connectivity index (χ3n) is 2.99. The molecule has 22 heavy (non-hydrogen) atoms. The fourth-order valence-corrected chi connectivity index (χ4v) is 1.96. The average Bonchev–Trinajstić information content (AvgIpc) is 2.51. The van der Waals surface area contributed by atoms with Crippen LogP contribution in [0.2, 0.25) is 0 Å². The fraction of sp³-hybridized carbons (Fsp3) is 0.125. The molecule has 0 bridgehead atoms. The minimum atomic E-state index is -0.0359. The molecule has 2 aromatic rings. The van der Waals surface area contributed by atoms with E-state index in [1.54, 1.807) is 13.0 Å². The van der Waals surface area contributed by atoms with E-state index >= 15 is 0 Å². The van der Waals surface area contributed by atoms with Crippen LogP contribution in [0.1, 0.15) is 18.1 Å². The van der Waals surface area contributed by atoms with Gasteiger partial charge in [0.15, 0.2) is 5.11 Å². The summed E-state index contributed by atoms with van der Waals surface area (Å²) in [6.07, 6.45) is 0. The molecule has 0 saturated heterocycles. The first kappa shape index (κ1) is 15.8.